The maximum absolute atomic E-state index is 12.7. The second-order valence-electron chi connectivity index (χ2n) is 6.74. The van der Waals surface area contributed by atoms with Crippen LogP contribution in [0.2, 0.25) is 0 Å². The number of hydrogen-bond donors (Lipinski definition) is 1. The molecule has 2 heterocycles. The summed E-state index contributed by atoms with van der Waals surface area (Å²) in [5.41, 5.74) is -0.430. The monoisotopic (exact) mass is 430 g/mol. The number of aromatic amines is 1. The molecule has 9 nitrogen and oxygen atoms in total. The van der Waals surface area contributed by atoms with Crippen LogP contribution < -0.4 is 11.2 Å². The third-order valence-corrected chi connectivity index (χ3v) is 6.18. The van der Waals surface area contributed by atoms with Crippen LogP contribution in [-0.4, -0.2) is 41.8 Å². The number of rotatable bonds is 11. The average Bonchev–Trinajstić information content (AvgIpc) is 2.69. The van der Waals surface area contributed by atoms with Gasteiger partial charge in [0.05, 0.1) is 19.3 Å². The number of nitrogens with zero attached hydrogens (tertiary/aromatic N) is 1. The number of H-pyrrole nitrogens is 1. The highest BCUT2D eigenvalue weighted by atomic mass is 31.2. The van der Waals surface area contributed by atoms with E-state index in [0.29, 0.717) is 25.1 Å². The van der Waals surface area contributed by atoms with Crippen LogP contribution in [0.1, 0.15) is 45.1 Å². The summed E-state index contributed by atoms with van der Waals surface area (Å²) < 4.78 is 36.4. The van der Waals surface area contributed by atoms with Gasteiger partial charge in [0.25, 0.3) is 5.56 Å². The Morgan fingerprint density at radius 1 is 1.31 bits per heavy atom. The predicted octanol–water partition coefficient (Wildman–Crippen LogP) is 2.93. The van der Waals surface area contributed by atoms with E-state index in [1.807, 2.05) is 0 Å². The molecule has 164 valence electrons. The van der Waals surface area contributed by atoms with Crippen molar-refractivity contribution < 1.29 is 23.1 Å². The molecular weight excluding hydrogens is 399 g/mol. The van der Waals surface area contributed by atoms with Crippen LogP contribution in [0.15, 0.2) is 27.7 Å². The van der Waals surface area contributed by atoms with Crippen LogP contribution in [-0.2, 0) is 29.6 Å². The molecule has 0 amide bonds. The second kappa shape index (κ2) is 11.6. The molecule has 1 N–H and O–H groups in total. The van der Waals surface area contributed by atoms with E-state index in [-0.39, 0.29) is 19.5 Å². The van der Waals surface area contributed by atoms with Crippen molar-refractivity contribution in [2.24, 2.45) is 0 Å². The van der Waals surface area contributed by atoms with Gasteiger partial charge in [-0.25, -0.2) is 4.79 Å². The molecule has 0 bridgehead atoms. The highest BCUT2D eigenvalue weighted by molar-refractivity contribution is 7.57. The van der Waals surface area contributed by atoms with Gasteiger partial charge in [0.15, 0.2) is 6.29 Å². The molecule has 1 saturated heterocycles. The number of ether oxygens (including phenoxy) is 2. The Hall–Kier alpha value is -1.51. The minimum Gasteiger partial charge on any atom is -0.353 e. The molecule has 2 rings (SSSR count). The number of nitrogens with one attached hydrogen (secondary N) is 1. The first-order chi connectivity index (χ1) is 13.9. The normalized spacial score (nSPS) is 18.9. The fourth-order valence-corrected chi connectivity index (χ4v) is 4.33. The van der Waals surface area contributed by atoms with Gasteiger partial charge in [0.2, 0.25) is 0 Å². The molecule has 10 heteroatoms. The Balaban J connectivity index is 2.14. The van der Waals surface area contributed by atoms with Gasteiger partial charge in [-0.05, 0) is 52.5 Å². The highest BCUT2D eigenvalue weighted by Gasteiger charge is 2.23. The van der Waals surface area contributed by atoms with Crippen LogP contribution >= 0.6 is 7.60 Å². The van der Waals surface area contributed by atoms with Gasteiger partial charge in [0.1, 0.15) is 0 Å². The van der Waals surface area contributed by atoms with Crippen molar-refractivity contribution in [3.63, 3.8) is 0 Å². The van der Waals surface area contributed by atoms with E-state index >= 15 is 0 Å². The minimum absolute atomic E-state index is 0.255. The zero-order chi connectivity index (χ0) is 21.3. The van der Waals surface area contributed by atoms with E-state index in [1.165, 1.54) is 16.6 Å². The molecular formula is C19H31N2O7P. The lowest BCUT2D eigenvalue weighted by Crippen LogP contribution is -2.32. The quantitative estimate of drug-likeness (QED) is 0.538. The summed E-state index contributed by atoms with van der Waals surface area (Å²) in [4.78, 5) is 25.9. The largest absolute Gasteiger partial charge is 0.353 e. The van der Waals surface area contributed by atoms with Crippen molar-refractivity contribution in [1.29, 1.82) is 0 Å². The standard InChI is InChI=1S/C19H31N2O7P/c1-4-26-29(24,27-5-2)13-10-16(28-17-8-6-7-12-25-17)9-11-21-14-15(3)18(22)20-19(21)23/h10,13-14,16-17H,4-9,11-12H2,1-3H3,(H,20,22,23)/t16-,17+/m1/s1. The van der Waals surface area contributed by atoms with Crippen molar-refractivity contribution in [2.75, 3.05) is 19.8 Å². The summed E-state index contributed by atoms with van der Waals surface area (Å²) in [5, 5.41) is 0. The molecule has 1 fully saturated rings. The first-order valence-corrected chi connectivity index (χ1v) is 11.6. The van der Waals surface area contributed by atoms with Crippen LogP contribution in [0.25, 0.3) is 0 Å². The van der Waals surface area contributed by atoms with E-state index in [4.69, 9.17) is 18.5 Å². The Kier molecular flexibility index (Phi) is 9.52. The van der Waals surface area contributed by atoms with Crippen LogP contribution in [0.3, 0.4) is 0 Å². The Labute approximate surface area is 170 Å². The third-order valence-electron chi connectivity index (χ3n) is 4.41. The fraction of sp³-hybridized carbons (Fsp3) is 0.684. The molecule has 1 aliphatic heterocycles. The van der Waals surface area contributed by atoms with Crippen molar-refractivity contribution in [1.82, 2.24) is 9.55 Å². The molecule has 0 spiro atoms. The summed E-state index contributed by atoms with van der Waals surface area (Å²) >= 11 is 0. The third kappa shape index (κ3) is 7.68. The van der Waals surface area contributed by atoms with Crippen molar-refractivity contribution in [3.05, 3.63) is 44.5 Å². The van der Waals surface area contributed by atoms with Gasteiger partial charge in [-0.2, -0.15) is 0 Å². The Bertz CT molecular complexity index is 817. The molecule has 29 heavy (non-hydrogen) atoms. The van der Waals surface area contributed by atoms with Crippen LogP contribution in [0.4, 0.5) is 0 Å². The lowest BCUT2D eigenvalue weighted by atomic mass is 10.2. The highest BCUT2D eigenvalue weighted by Crippen LogP contribution is 2.49. The Morgan fingerprint density at radius 3 is 2.66 bits per heavy atom. The predicted molar refractivity (Wildman–Crippen MR) is 109 cm³/mol. The van der Waals surface area contributed by atoms with E-state index in [1.54, 1.807) is 26.8 Å². The molecule has 1 aromatic rings. The maximum Gasteiger partial charge on any atom is 0.353 e. The average molecular weight is 430 g/mol. The summed E-state index contributed by atoms with van der Waals surface area (Å²) in [7, 11) is -3.36. The first-order valence-electron chi connectivity index (χ1n) is 10.0. The van der Waals surface area contributed by atoms with Gasteiger partial charge in [-0.3, -0.25) is 14.3 Å². The topological polar surface area (TPSA) is 109 Å². The zero-order valence-electron chi connectivity index (χ0n) is 17.3. The van der Waals surface area contributed by atoms with Gasteiger partial charge in [0, 0.05) is 30.7 Å². The van der Waals surface area contributed by atoms with Gasteiger partial charge < -0.3 is 23.1 Å². The van der Waals surface area contributed by atoms with E-state index in [2.05, 4.69) is 4.98 Å². The summed E-state index contributed by atoms with van der Waals surface area (Å²) in [6, 6.07) is 0. The van der Waals surface area contributed by atoms with Gasteiger partial charge in [-0.1, -0.05) is 0 Å². The molecule has 0 aliphatic carbocycles. The minimum atomic E-state index is -3.36. The SMILES string of the molecule is CCOP(=O)(C=C[C@@H](CCn1cc(C)c(=O)[nH]c1=O)O[C@H]1CCCCO1)OCC. The number of aryl methyl sites for hydroxylation is 2. The summed E-state index contributed by atoms with van der Waals surface area (Å²) in [6.07, 6.45) is 5.54. The number of hydrogen-bond acceptors (Lipinski definition) is 7. The van der Waals surface area contributed by atoms with Crippen molar-refractivity contribution >= 4 is 7.60 Å². The number of aromatic nitrogens is 2. The molecule has 0 aromatic carbocycles. The first kappa shape index (κ1) is 23.8. The van der Waals surface area contributed by atoms with Gasteiger partial charge >= 0.3 is 13.3 Å². The molecule has 0 radical (unpaired) electrons. The molecule has 1 aromatic heterocycles. The lowest BCUT2D eigenvalue weighted by Gasteiger charge is -2.27. The maximum atomic E-state index is 12.7. The van der Waals surface area contributed by atoms with E-state index < -0.39 is 24.9 Å². The lowest BCUT2D eigenvalue weighted by molar-refractivity contribution is -0.179. The van der Waals surface area contributed by atoms with Crippen molar-refractivity contribution in [2.45, 2.75) is 65.4 Å². The summed E-state index contributed by atoms with van der Waals surface area (Å²) in [6.45, 7) is 6.58. The van der Waals surface area contributed by atoms with E-state index in [0.717, 1.165) is 19.3 Å². The van der Waals surface area contributed by atoms with E-state index in [9.17, 15) is 14.2 Å². The van der Waals surface area contributed by atoms with Crippen LogP contribution in [0, 0.1) is 6.92 Å². The Morgan fingerprint density at radius 2 is 2.03 bits per heavy atom. The van der Waals surface area contributed by atoms with Crippen LogP contribution in [0.5, 0.6) is 0 Å². The molecule has 1 aliphatic rings. The molecule has 2 atom stereocenters. The molecule has 0 unspecified atom stereocenters. The van der Waals surface area contributed by atoms with Gasteiger partial charge in [-0.15, -0.1) is 0 Å². The smallest absolute Gasteiger partial charge is 0.353 e. The second-order valence-corrected chi connectivity index (χ2v) is 8.64. The fourth-order valence-electron chi connectivity index (χ4n) is 2.96. The van der Waals surface area contributed by atoms with Crippen molar-refractivity contribution in [3.8, 4) is 0 Å². The molecule has 0 saturated carbocycles. The summed E-state index contributed by atoms with van der Waals surface area (Å²) in [5.74, 6) is 1.41. The zero-order valence-corrected chi connectivity index (χ0v) is 18.2.